The lowest BCUT2D eigenvalue weighted by Gasteiger charge is -2.35. The van der Waals surface area contributed by atoms with Crippen molar-refractivity contribution >= 4 is 6.09 Å². The van der Waals surface area contributed by atoms with Crippen LogP contribution in [-0.4, -0.2) is 37.4 Å². The minimum absolute atomic E-state index is 0.130. The maximum Gasteiger partial charge on any atom is 0.413 e. The molecule has 3 aromatic rings. The minimum Gasteiger partial charge on any atom is -0.497 e. The van der Waals surface area contributed by atoms with E-state index in [4.69, 9.17) is 18.9 Å². The maximum absolute atomic E-state index is 13.0. The monoisotopic (exact) mass is 435 g/mol. The van der Waals surface area contributed by atoms with Crippen LogP contribution >= 0.6 is 0 Å². The van der Waals surface area contributed by atoms with E-state index in [0.717, 1.165) is 5.56 Å². The Morgan fingerprint density at radius 3 is 2.06 bits per heavy atom. The SMILES string of the molecule is COc1ccc([C@H]2OC(=O)N(Cc3cccc(OC)c3)[C@]2(O)c2ccc(OC)cc2)cc1. The lowest BCUT2D eigenvalue weighted by molar-refractivity contribution is -0.113. The second-order valence-electron chi connectivity index (χ2n) is 7.43. The van der Waals surface area contributed by atoms with Crippen molar-refractivity contribution in [2.45, 2.75) is 18.4 Å². The first-order chi connectivity index (χ1) is 15.5. The highest BCUT2D eigenvalue weighted by Crippen LogP contribution is 2.47. The van der Waals surface area contributed by atoms with Gasteiger partial charge in [0.25, 0.3) is 0 Å². The number of ether oxygens (including phenoxy) is 4. The Kier molecular flexibility index (Phi) is 5.92. The van der Waals surface area contributed by atoms with Crippen molar-refractivity contribution in [3.63, 3.8) is 0 Å². The number of hydrogen-bond donors (Lipinski definition) is 1. The number of carbonyl (C=O) groups excluding carboxylic acids is 1. The first kappa shape index (κ1) is 21.5. The van der Waals surface area contributed by atoms with Gasteiger partial charge in [-0.05, 0) is 47.5 Å². The highest BCUT2D eigenvalue weighted by atomic mass is 16.6. The average molecular weight is 435 g/mol. The van der Waals surface area contributed by atoms with Crippen molar-refractivity contribution in [2.75, 3.05) is 21.3 Å². The van der Waals surface area contributed by atoms with Gasteiger partial charge in [-0.3, -0.25) is 4.90 Å². The van der Waals surface area contributed by atoms with Crippen LogP contribution in [-0.2, 0) is 17.0 Å². The normalized spacial score (nSPS) is 20.1. The number of cyclic esters (lactones) is 1. The van der Waals surface area contributed by atoms with E-state index in [0.29, 0.717) is 28.4 Å². The predicted molar refractivity (Wildman–Crippen MR) is 118 cm³/mol. The Hall–Kier alpha value is -3.71. The summed E-state index contributed by atoms with van der Waals surface area (Å²) in [7, 11) is 4.73. The van der Waals surface area contributed by atoms with Crippen LogP contribution < -0.4 is 14.2 Å². The molecule has 1 fully saturated rings. The van der Waals surface area contributed by atoms with E-state index in [2.05, 4.69) is 0 Å². The molecule has 0 spiro atoms. The lowest BCUT2D eigenvalue weighted by atomic mass is 9.91. The molecule has 1 heterocycles. The summed E-state index contributed by atoms with van der Waals surface area (Å²) in [5, 5.41) is 12.1. The summed E-state index contributed by atoms with van der Waals surface area (Å²) >= 11 is 0. The number of methoxy groups -OCH3 is 3. The lowest BCUT2D eigenvalue weighted by Crippen LogP contribution is -2.45. The molecule has 32 heavy (non-hydrogen) atoms. The van der Waals surface area contributed by atoms with Gasteiger partial charge in [0.05, 0.1) is 27.9 Å². The van der Waals surface area contributed by atoms with Gasteiger partial charge in [0.1, 0.15) is 17.2 Å². The highest BCUT2D eigenvalue weighted by Gasteiger charge is 2.56. The van der Waals surface area contributed by atoms with Crippen molar-refractivity contribution in [3.8, 4) is 17.2 Å². The van der Waals surface area contributed by atoms with E-state index in [1.807, 2.05) is 24.3 Å². The van der Waals surface area contributed by atoms with Gasteiger partial charge in [-0.15, -0.1) is 0 Å². The molecule has 1 amide bonds. The summed E-state index contributed by atoms with van der Waals surface area (Å²) in [6, 6.07) is 21.4. The molecule has 0 saturated carbocycles. The third-order valence-electron chi connectivity index (χ3n) is 5.62. The molecular weight excluding hydrogens is 410 g/mol. The zero-order valence-corrected chi connectivity index (χ0v) is 18.1. The summed E-state index contributed by atoms with van der Waals surface area (Å²) in [5.74, 6) is 1.97. The highest BCUT2D eigenvalue weighted by molar-refractivity contribution is 5.72. The van der Waals surface area contributed by atoms with Gasteiger partial charge in [0.2, 0.25) is 5.72 Å². The molecule has 0 bridgehead atoms. The van der Waals surface area contributed by atoms with Crippen LogP contribution in [0, 0.1) is 0 Å². The molecule has 0 radical (unpaired) electrons. The molecule has 7 heteroatoms. The van der Waals surface area contributed by atoms with Crippen molar-refractivity contribution in [2.24, 2.45) is 0 Å². The molecule has 166 valence electrons. The second kappa shape index (κ2) is 8.80. The summed E-state index contributed by atoms with van der Waals surface area (Å²) < 4.78 is 21.5. The van der Waals surface area contributed by atoms with E-state index < -0.39 is 17.9 Å². The molecule has 0 unspecified atom stereocenters. The average Bonchev–Trinajstić information content (AvgIpc) is 3.10. The molecule has 7 nitrogen and oxygen atoms in total. The number of hydrogen-bond acceptors (Lipinski definition) is 6. The fourth-order valence-corrected chi connectivity index (χ4v) is 3.89. The van der Waals surface area contributed by atoms with Crippen LogP contribution in [0.25, 0.3) is 0 Å². The number of carbonyl (C=O) groups is 1. The summed E-state index contributed by atoms with van der Waals surface area (Å²) in [6.07, 6.45) is -1.56. The van der Waals surface area contributed by atoms with E-state index in [9.17, 15) is 9.90 Å². The van der Waals surface area contributed by atoms with Crippen molar-refractivity contribution < 1.29 is 28.8 Å². The summed E-state index contributed by atoms with van der Waals surface area (Å²) in [4.78, 5) is 14.3. The smallest absolute Gasteiger partial charge is 0.413 e. The zero-order valence-electron chi connectivity index (χ0n) is 18.1. The molecule has 4 rings (SSSR count). The quantitative estimate of drug-likeness (QED) is 0.598. The third kappa shape index (κ3) is 3.83. The third-order valence-corrected chi connectivity index (χ3v) is 5.62. The first-order valence-electron chi connectivity index (χ1n) is 10.1. The molecule has 1 saturated heterocycles. The fourth-order valence-electron chi connectivity index (χ4n) is 3.89. The predicted octanol–water partition coefficient (Wildman–Crippen LogP) is 4.25. The van der Waals surface area contributed by atoms with E-state index in [-0.39, 0.29) is 6.54 Å². The van der Waals surface area contributed by atoms with Crippen LogP contribution in [0.1, 0.15) is 22.8 Å². The van der Waals surface area contributed by atoms with Gasteiger partial charge in [0, 0.05) is 5.56 Å². The summed E-state index contributed by atoms with van der Waals surface area (Å²) in [6.45, 7) is 0.130. The Morgan fingerprint density at radius 1 is 0.875 bits per heavy atom. The standard InChI is InChI=1S/C25H25NO6/c1-29-20-11-7-18(8-12-20)23-25(28,19-9-13-21(30-2)14-10-19)26(24(27)32-23)16-17-5-4-6-22(15-17)31-3/h4-15,23,28H,16H2,1-3H3/t23-,25+/m1/s1. The fraction of sp³-hybridized carbons (Fsp3) is 0.240. The van der Waals surface area contributed by atoms with Crippen molar-refractivity contribution in [1.29, 1.82) is 0 Å². The van der Waals surface area contributed by atoms with Gasteiger partial charge >= 0.3 is 6.09 Å². The van der Waals surface area contributed by atoms with Crippen molar-refractivity contribution in [1.82, 2.24) is 4.90 Å². The minimum atomic E-state index is -1.75. The molecule has 0 aliphatic carbocycles. The van der Waals surface area contributed by atoms with Gasteiger partial charge in [0.15, 0.2) is 6.10 Å². The van der Waals surface area contributed by atoms with Crippen molar-refractivity contribution in [3.05, 3.63) is 89.5 Å². The molecule has 2 atom stereocenters. The van der Waals surface area contributed by atoms with Crippen LogP contribution in [0.2, 0.25) is 0 Å². The first-order valence-corrected chi connectivity index (χ1v) is 10.1. The largest absolute Gasteiger partial charge is 0.497 e. The van der Waals surface area contributed by atoms with Gasteiger partial charge in [-0.1, -0.05) is 36.4 Å². The van der Waals surface area contributed by atoms with Crippen LogP contribution in [0.5, 0.6) is 17.2 Å². The Morgan fingerprint density at radius 2 is 1.47 bits per heavy atom. The second-order valence-corrected chi connectivity index (χ2v) is 7.43. The number of benzene rings is 3. The van der Waals surface area contributed by atoms with Gasteiger partial charge < -0.3 is 24.1 Å². The Labute approximate surface area is 186 Å². The number of aliphatic hydroxyl groups is 1. The molecule has 0 aromatic heterocycles. The zero-order chi connectivity index (χ0) is 22.7. The van der Waals surface area contributed by atoms with E-state index in [1.54, 1.807) is 69.9 Å². The van der Waals surface area contributed by atoms with Gasteiger partial charge in [-0.25, -0.2) is 4.79 Å². The van der Waals surface area contributed by atoms with E-state index >= 15 is 0 Å². The number of nitrogens with zero attached hydrogens (tertiary/aromatic N) is 1. The maximum atomic E-state index is 13.0. The Bertz CT molecular complexity index is 1080. The van der Waals surface area contributed by atoms with Crippen LogP contribution in [0.3, 0.4) is 0 Å². The number of rotatable bonds is 7. The summed E-state index contributed by atoms with van der Waals surface area (Å²) in [5.41, 5.74) is 0.197. The number of amides is 1. The van der Waals surface area contributed by atoms with E-state index in [1.165, 1.54) is 4.90 Å². The molecule has 1 aliphatic heterocycles. The molecule has 1 aliphatic rings. The van der Waals surface area contributed by atoms with Crippen LogP contribution in [0.4, 0.5) is 4.79 Å². The van der Waals surface area contributed by atoms with Crippen LogP contribution in [0.15, 0.2) is 72.8 Å². The molecular formula is C25H25NO6. The molecule has 3 aromatic carbocycles. The Balaban J connectivity index is 1.78. The topological polar surface area (TPSA) is 77.5 Å². The molecule has 1 N–H and O–H groups in total. The van der Waals surface area contributed by atoms with Gasteiger partial charge in [-0.2, -0.15) is 0 Å².